The maximum absolute atomic E-state index is 5.90. The Morgan fingerprint density at radius 2 is 2.42 bits per heavy atom. The van der Waals surface area contributed by atoms with Gasteiger partial charge in [0.15, 0.2) is 0 Å². The van der Waals surface area contributed by atoms with Gasteiger partial charge in [-0.25, -0.2) is 4.98 Å². The summed E-state index contributed by atoms with van der Waals surface area (Å²) in [5, 5.41) is 0. The molecule has 0 aromatic carbocycles. The Kier molecular flexibility index (Phi) is 1.87. The van der Waals surface area contributed by atoms with Crippen LogP contribution in [0.25, 0.3) is 0 Å². The van der Waals surface area contributed by atoms with E-state index in [0.717, 1.165) is 12.3 Å². The van der Waals surface area contributed by atoms with Gasteiger partial charge >= 0.3 is 0 Å². The predicted octanol–water partition coefficient (Wildman–Crippen LogP) is 1.98. The van der Waals surface area contributed by atoms with E-state index in [-0.39, 0.29) is 0 Å². The summed E-state index contributed by atoms with van der Waals surface area (Å²) in [6, 6.07) is 0. The van der Waals surface area contributed by atoms with Crippen LogP contribution in [0.5, 0.6) is 0 Å². The van der Waals surface area contributed by atoms with Gasteiger partial charge in [0.25, 0.3) is 0 Å². The molecular formula is C9H13ClN2. The molecule has 0 spiro atoms. The number of nitrogens with zero attached hydrogens (tertiary/aromatic N) is 2. The average Bonchev–Trinajstić information content (AvgIpc) is 2.74. The summed E-state index contributed by atoms with van der Waals surface area (Å²) in [4.78, 5) is 4.09. The lowest BCUT2D eigenvalue weighted by Gasteiger charge is -2.10. The quantitative estimate of drug-likeness (QED) is 0.657. The molecule has 1 saturated carbocycles. The Morgan fingerprint density at radius 3 is 2.83 bits per heavy atom. The second kappa shape index (κ2) is 2.77. The number of aromatic nitrogens is 2. The second-order valence-electron chi connectivity index (χ2n) is 3.81. The van der Waals surface area contributed by atoms with Crippen molar-refractivity contribution in [3.63, 3.8) is 0 Å². The molecule has 2 rings (SSSR count). The molecule has 1 aromatic heterocycles. The standard InChI is InChI=1S/C9H13ClN2/c1-12-7-11-5-8(12)4-9(6-10)2-3-9/h5,7H,2-4,6H2,1H3. The van der Waals surface area contributed by atoms with E-state index in [1.165, 1.54) is 18.5 Å². The van der Waals surface area contributed by atoms with E-state index < -0.39 is 0 Å². The molecule has 1 aliphatic rings. The van der Waals surface area contributed by atoms with Gasteiger partial charge in [-0.2, -0.15) is 0 Å². The Bertz CT molecular complexity index is 276. The fourth-order valence-electron chi connectivity index (χ4n) is 1.47. The first-order valence-electron chi connectivity index (χ1n) is 4.27. The molecule has 66 valence electrons. The van der Waals surface area contributed by atoms with Crippen LogP contribution in [0.1, 0.15) is 18.5 Å². The van der Waals surface area contributed by atoms with E-state index >= 15 is 0 Å². The summed E-state index contributed by atoms with van der Waals surface area (Å²) in [5.74, 6) is 0.790. The van der Waals surface area contributed by atoms with E-state index in [1.54, 1.807) is 0 Å². The van der Waals surface area contributed by atoms with Crippen LogP contribution in [-0.2, 0) is 13.5 Å². The minimum absolute atomic E-state index is 0.412. The highest BCUT2D eigenvalue weighted by atomic mass is 35.5. The molecule has 0 saturated heterocycles. The molecule has 0 atom stereocenters. The monoisotopic (exact) mass is 184 g/mol. The highest BCUT2D eigenvalue weighted by molar-refractivity contribution is 6.18. The lowest BCUT2D eigenvalue weighted by Crippen LogP contribution is -2.09. The molecule has 0 aliphatic heterocycles. The van der Waals surface area contributed by atoms with E-state index in [0.29, 0.717) is 5.41 Å². The highest BCUT2D eigenvalue weighted by Crippen LogP contribution is 2.49. The predicted molar refractivity (Wildman–Crippen MR) is 49.3 cm³/mol. The zero-order valence-corrected chi connectivity index (χ0v) is 8.01. The van der Waals surface area contributed by atoms with Gasteiger partial charge in [-0.05, 0) is 24.7 Å². The summed E-state index contributed by atoms with van der Waals surface area (Å²) in [7, 11) is 2.03. The second-order valence-corrected chi connectivity index (χ2v) is 4.07. The molecule has 1 aliphatic carbocycles. The van der Waals surface area contributed by atoms with Gasteiger partial charge in [0.05, 0.1) is 6.33 Å². The molecule has 12 heavy (non-hydrogen) atoms. The first-order chi connectivity index (χ1) is 5.76. The fourth-order valence-corrected chi connectivity index (χ4v) is 1.84. The number of halogens is 1. The third-order valence-corrected chi connectivity index (χ3v) is 3.28. The van der Waals surface area contributed by atoms with E-state index in [1.807, 2.05) is 19.6 Å². The molecule has 1 aromatic rings. The van der Waals surface area contributed by atoms with Crippen LogP contribution in [0.2, 0.25) is 0 Å². The summed E-state index contributed by atoms with van der Waals surface area (Å²) in [5.41, 5.74) is 1.71. The summed E-state index contributed by atoms with van der Waals surface area (Å²) < 4.78 is 2.08. The molecule has 3 heteroatoms. The molecule has 2 nitrogen and oxygen atoms in total. The van der Waals surface area contributed by atoms with Crippen LogP contribution in [0, 0.1) is 5.41 Å². The van der Waals surface area contributed by atoms with E-state index in [2.05, 4.69) is 9.55 Å². The molecule has 0 amide bonds. The van der Waals surface area contributed by atoms with Crippen molar-refractivity contribution in [2.24, 2.45) is 12.5 Å². The molecule has 1 fully saturated rings. The van der Waals surface area contributed by atoms with E-state index in [9.17, 15) is 0 Å². The number of hydrogen-bond donors (Lipinski definition) is 0. The minimum atomic E-state index is 0.412. The highest BCUT2D eigenvalue weighted by Gasteiger charge is 2.42. The number of aryl methyl sites for hydroxylation is 1. The largest absolute Gasteiger partial charge is 0.338 e. The van der Waals surface area contributed by atoms with Crippen LogP contribution >= 0.6 is 11.6 Å². The maximum atomic E-state index is 5.90. The Labute approximate surface area is 77.6 Å². The Morgan fingerprint density at radius 1 is 1.67 bits per heavy atom. The molecule has 0 bridgehead atoms. The lowest BCUT2D eigenvalue weighted by atomic mass is 10.0. The zero-order chi connectivity index (χ0) is 8.60. The van der Waals surface area contributed by atoms with Crippen molar-refractivity contribution in [3.8, 4) is 0 Å². The first kappa shape index (κ1) is 8.11. The third kappa shape index (κ3) is 1.36. The van der Waals surface area contributed by atoms with Crippen molar-refractivity contribution >= 4 is 11.6 Å². The fraction of sp³-hybridized carbons (Fsp3) is 0.667. The topological polar surface area (TPSA) is 17.8 Å². The van der Waals surface area contributed by atoms with Crippen LogP contribution < -0.4 is 0 Å². The minimum Gasteiger partial charge on any atom is -0.338 e. The van der Waals surface area contributed by atoms with Gasteiger partial charge < -0.3 is 4.57 Å². The van der Waals surface area contributed by atoms with Crippen molar-refractivity contribution in [2.75, 3.05) is 5.88 Å². The molecule has 0 radical (unpaired) electrons. The van der Waals surface area contributed by atoms with Crippen molar-refractivity contribution < 1.29 is 0 Å². The van der Waals surface area contributed by atoms with Gasteiger partial charge in [-0.15, -0.1) is 11.6 Å². The third-order valence-electron chi connectivity index (χ3n) is 2.71. The molecule has 1 heterocycles. The van der Waals surface area contributed by atoms with Gasteiger partial charge in [-0.1, -0.05) is 0 Å². The van der Waals surface area contributed by atoms with Crippen molar-refractivity contribution in [1.82, 2.24) is 9.55 Å². The number of alkyl halides is 1. The number of rotatable bonds is 3. The number of imidazole rings is 1. The van der Waals surface area contributed by atoms with Crippen molar-refractivity contribution in [1.29, 1.82) is 0 Å². The molecular weight excluding hydrogens is 172 g/mol. The van der Waals surface area contributed by atoms with Crippen LogP contribution in [0.15, 0.2) is 12.5 Å². The normalized spacial score (nSPS) is 19.5. The average molecular weight is 185 g/mol. The lowest BCUT2D eigenvalue weighted by molar-refractivity contribution is 0.555. The van der Waals surface area contributed by atoms with Crippen molar-refractivity contribution in [2.45, 2.75) is 19.3 Å². The van der Waals surface area contributed by atoms with Crippen LogP contribution in [-0.4, -0.2) is 15.4 Å². The first-order valence-corrected chi connectivity index (χ1v) is 4.80. The van der Waals surface area contributed by atoms with Crippen LogP contribution in [0.3, 0.4) is 0 Å². The smallest absolute Gasteiger partial charge is 0.0945 e. The molecule has 0 N–H and O–H groups in total. The van der Waals surface area contributed by atoms with Gasteiger partial charge in [0.2, 0.25) is 0 Å². The maximum Gasteiger partial charge on any atom is 0.0945 e. The Hall–Kier alpha value is -0.500. The zero-order valence-electron chi connectivity index (χ0n) is 7.26. The van der Waals surface area contributed by atoms with Crippen molar-refractivity contribution in [3.05, 3.63) is 18.2 Å². The summed E-state index contributed by atoms with van der Waals surface area (Å²) >= 11 is 5.90. The summed E-state index contributed by atoms with van der Waals surface area (Å²) in [6.45, 7) is 0. The summed E-state index contributed by atoms with van der Waals surface area (Å²) in [6.07, 6.45) is 7.43. The SMILES string of the molecule is Cn1cncc1CC1(CCl)CC1. The molecule has 0 unspecified atom stereocenters. The Balaban J connectivity index is 2.08. The number of hydrogen-bond acceptors (Lipinski definition) is 1. The van der Waals surface area contributed by atoms with Gasteiger partial charge in [0, 0.05) is 24.8 Å². The van der Waals surface area contributed by atoms with E-state index in [4.69, 9.17) is 11.6 Å². The van der Waals surface area contributed by atoms with Gasteiger partial charge in [-0.3, -0.25) is 0 Å². The van der Waals surface area contributed by atoms with Gasteiger partial charge in [0.1, 0.15) is 0 Å². The van der Waals surface area contributed by atoms with Crippen LogP contribution in [0.4, 0.5) is 0 Å².